The highest BCUT2D eigenvalue weighted by Gasteiger charge is 2.26. The van der Waals surface area contributed by atoms with E-state index in [4.69, 9.17) is 9.47 Å². The molecule has 41 heavy (non-hydrogen) atoms. The van der Waals surface area contributed by atoms with Crippen LogP contribution in [0.1, 0.15) is 190 Å². The van der Waals surface area contributed by atoms with E-state index in [9.17, 15) is 14.7 Å². The number of rotatable bonds is 26. The van der Waals surface area contributed by atoms with Crippen molar-refractivity contribution in [3.05, 3.63) is 0 Å². The van der Waals surface area contributed by atoms with Crippen LogP contribution in [0.5, 0.6) is 0 Å². The second-order valence-corrected chi connectivity index (χ2v) is 14.6. The van der Waals surface area contributed by atoms with Gasteiger partial charge in [0.15, 0.2) is 0 Å². The molecule has 0 aliphatic rings. The van der Waals surface area contributed by atoms with Crippen molar-refractivity contribution < 1.29 is 24.2 Å². The molecule has 1 N–H and O–H groups in total. The van der Waals surface area contributed by atoms with Crippen molar-refractivity contribution in [1.82, 2.24) is 0 Å². The average molecular weight is 583 g/mol. The fourth-order valence-corrected chi connectivity index (χ4v) is 4.96. The van der Waals surface area contributed by atoms with E-state index in [0.29, 0.717) is 6.42 Å². The minimum atomic E-state index is -0.484. The molecule has 0 radical (unpaired) electrons. The number of hydrogen-bond acceptors (Lipinski definition) is 5. The minimum absolute atomic E-state index is 0.0362. The maximum absolute atomic E-state index is 12.1. The van der Waals surface area contributed by atoms with Gasteiger partial charge in [-0.2, -0.15) is 0 Å². The fraction of sp³-hybridized carbons (Fsp3) is 0.944. The van der Waals surface area contributed by atoms with Crippen LogP contribution in [0, 0.1) is 10.8 Å². The first-order valence-corrected chi connectivity index (χ1v) is 17.4. The summed E-state index contributed by atoms with van der Waals surface area (Å²) >= 11 is 0. The summed E-state index contributed by atoms with van der Waals surface area (Å²) in [6.07, 6.45) is 27.3. The summed E-state index contributed by atoms with van der Waals surface area (Å²) in [7, 11) is 0. The van der Waals surface area contributed by atoms with Crippen LogP contribution in [0.15, 0.2) is 0 Å². The van der Waals surface area contributed by atoms with Gasteiger partial charge in [-0.05, 0) is 74.1 Å². The van der Waals surface area contributed by atoms with Gasteiger partial charge in [-0.3, -0.25) is 9.59 Å². The molecule has 0 heterocycles. The maximum Gasteiger partial charge on any atom is 0.311 e. The van der Waals surface area contributed by atoms with Crippen LogP contribution in [0.3, 0.4) is 0 Å². The van der Waals surface area contributed by atoms with E-state index >= 15 is 0 Å². The van der Waals surface area contributed by atoms with E-state index < -0.39 is 10.8 Å². The Bertz CT molecular complexity index is 631. The summed E-state index contributed by atoms with van der Waals surface area (Å²) < 4.78 is 11.1. The lowest BCUT2D eigenvalue weighted by Gasteiger charge is -2.23. The highest BCUT2D eigenvalue weighted by molar-refractivity contribution is 5.75. The Hall–Kier alpha value is -1.10. The molecule has 0 bridgehead atoms. The number of esters is 2. The third kappa shape index (κ3) is 25.1. The molecule has 0 aromatic heterocycles. The van der Waals surface area contributed by atoms with E-state index in [1.807, 2.05) is 48.5 Å². The molecule has 5 nitrogen and oxygen atoms in total. The number of ether oxygens (including phenoxy) is 2. The molecule has 0 unspecified atom stereocenters. The first-order valence-electron chi connectivity index (χ1n) is 17.4. The Kier molecular flexibility index (Phi) is 23.7. The van der Waals surface area contributed by atoms with Crippen molar-refractivity contribution >= 4 is 11.9 Å². The van der Waals surface area contributed by atoms with E-state index in [1.165, 1.54) is 109 Å². The van der Waals surface area contributed by atoms with Crippen LogP contribution in [0.2, 0.25) is 0 Å². The van der Waals surface area contributed by atoms with Gasteiger partial charge in [-0.25, -0.2) is 0 Å². The zero-order valence-electron chi connectivity index (χ0n) is 28.5. The van der Waals surface area contributed by atoms with Gasteiger partial charge in [-0.1, -0.05) is 109 Å². The van der Waals surface area contributed by atoms with E-state index in [1.54, 1.807) is 0 Å². The van der Waals surface area contributed by atoms with Gasteiger partial charge >= 0.3 is 11.9 Å². The molecular formula is C36H70O5. The lowest BCUT2D eigenvalue weighted by Crippen LogP contribution is -2.28. The Morgan fingerprint density at radius 2 is 0.780 bits per heavy atom. The quantitative estimate of drug-likeness (QED) is 0.0811. The van der Waals surface area contributed by atoms with Gasteiger partial charge in [0.05, 0.1) is 16.9 Å². The topological polar surface area (TPSA) is 72.8 Å². The van der Waals surface area contributed by atoms with Gasteiger partial charge in [0.1, 0.15) is 6.10 Å². The van der Waals surface area contributed by atoms with Gasteiger partial charge in [0, 0.05) is 13.0 Å². The first-order chi connectivity index (χ1) is 19.4. The summed E-state index contributed by atoms with van der Waals surface area (Å²) in [5, 5.41) is 9.26. The van der Waals surface area contributed by atoms with E-state index in [2.05, 4.69) is 0 Å². The van der Waals surface area contributed by atoms with Crippen LogP contribution in [-0.4, -0.2) is 35.9 Å². The summed E-state index contributed by atoms with van der Waals surface area (Å²) in [6, 6.07) is 0. The zero-order valence-corrected chi connectivity index (χ0v) is 28.5. The number of aliphatic hydroxyl groups is 1. The third-order valence-electron chi connectivity index (χ3n) is 7.89. The Morgan fingerprint density at radius 3 is 1.10 bits per heavy atom. The standard InChI is InChI=1S/C36H70O5/c1-31(40-33(38)35(2,3)4)27-25-23-21-19-17-15-13-11-9-8-10-12-14-16-18-20-22-24-26-28-32(29-30-37)41-34(39)36(5,6)7/h31-32,37H,8-30H2,1-7H3/t31-,32-/m1/s1. The van der Waals surface area contributed by atoms with Crippen LogP contribution < -0.4 is 0 Å². The van der Waals surface area contributed by atoms with Gasteiger partial charge in [0.25, 0.3) is 0 Å². The van der Waals surface area contributed by atoms with Gasteiger partial charge in [-0.15, -0.1) is 0 Å². The average Bonchev–Trinajstić information content (AvgIpc) is 2.88. The number of carbonyl (C=O) groups is 2. The molecule has 0 spiro atoms. The normalized spacial score (nSPS) is 13.7. The summed E-state index contributed by atoms with van der Waals surface area (Å²) in [6.45, 7) is 13.4. The second kappa shape index (κ2) is 24.4. The number of aliphatic hydroxyl groups excluding tert-OH is 1. The monoisotopic (exact) mass is 583 g/mol. The van der Waals surface area contributed by atoms with E-state index in [-0.39, 0.29) is 30.8 Å². The van der Waals surface area contributed by atoms with Crippen molar-refractivity contribution in [2.45, 2.75) is 202 Å². The molecule has 0 aromatic rings. The molecule has 2 atom stereocenters. The largest absolute Gasteiger partial charge is 0.462 e. The SMILES string of the molecule is C[C@H](CCCCCCCCCCCCCCCCCCCCC[C@H](CCO)OC(=O)C(C)(C)C)OC(=O)C(C)(C)C. The molecule has 5 heteroatoms. The second-order valence-electron chi connectivity index (χ2n) is 14.6. The lowest BCUT2D eigenvalue weighted by molar-refractivity contribution is -0.160. The van der Waals surface area contributed by atoms with Crippen LogP contribution in [-0.2, 0) is 19.1 Å². The van der Waals surface area contributed by atoms with Gasteiger partial charge < -0.3 is 14.6 Å². The molecular weight excluding hydrogens is 512 g/mol. The van der Waals surface area contributed by atoms with Crippen molar-refractivity contribution in [1.29, 1.82) is 0 Å². The van der Waals surface area contributed by atoms with Crippen molar-refractivity contribution in [2.75, 3.05) is 6.61 Å². The highest BCUT2D eigenvalue weighted by Crippen LogP contribution is 2.21. The van der Waals surface area contributed by atoms with Crippen molar-refractivity contribution in [3.8, 4) is 0 Å². The molecule has 0 saturated carbocycles. The molecule has 0 amide bonds. The minimum Gasteiger partial charge on any atom is -0.462 e. The Balaban J connectivity index is 3.40. The number of carbonyl (C=O) groups excluding carboxylic acids is 2. The van der Waals surface area contributed by atoms with Crippen molar-refractivity contribution in [3.63, 3.8) is 0 Å². The molecule has 0 fully saturated rings. The Labute approximate surface area is 255 Å². The smallest absolute Gasteiger partial charge is 0.311 e. The summed E-state index contributed by atoms with van der Waals surface area (Å²) in [4.78, 5) is 24.0. The first kappa shape index (κ1) is 39.9. The molecule has 0 saturated heterocycles. The van der Waals surface area contributed by atoms with Crippen molar-refractivity contribution in [2.24, 2.45) is 10.8 Å². The molecule has 0 aliphatic heterocycles. The Morgan fingerprint density at radius 1 is 0.488 bits per heavy atom. The van der Waals surface area contributed by atoms with E-state index in [0.717, 1.165) is 25.7 Å². The molecule has 0 aromatic carbocycles. The highest BCUT2D eigenvalue weighted by atomic mass is 16.5. The summed E-state index contributed by atoms with van der Waals surface area (Å²) in [5.74, 6) is -0.258. The van der Waals surface area contributed by atoms with Crippen LogP contribution in [0.25, 0.3) is 0 Å². The van der Waals surface area contributed by atoms with Crippen LogP contribution >= 0.6 is 0 Å². The zero-order chi connectivity index (χ0) is 31.0. The fourth-order valence-electron chi connectivity index (χ4n) is 4.96. The number of unbranched alkanes of at least 4 members (excludes halogenated alkanes) is 18. The summed E-state index contributed by atoms with van der Waals surface area (Å²) in [5.41, 5.74) is -0.890. The molecule has 0 rings (SSSR count). The number of hydrogen-bond donors (Lipinski definition) is 1. The molecule has 244 valence electrons. The predicted octanol–water partition coefficient (Wildman–Crippen LogP) is 10.5. The van der Waals surface area contributed by atoms with Crippen LogP contribution in [0.4, 0.5) is 0 Å². The third-order valence-corrected chi connectivity index (χ3v) is 7.89. The molecule has 0 aliphatic carbocycles. The maximum atomic E-state index is 12.1. The lowest BCUT2D eigenvalue weighted by atomic mass is 9.97. The van der Waals surface area contributed by atoms with Gasteiger partial charge in [0.2, 0.25) is 0 Å². The predicted molar refractivity (Wildman–Crippen MR) is 173 cm³/mol.